The fourth-order valence-electron chi connectivity index (χ4n) is 1.40. The Morgan fingerprint density at radius 2 is 2.08 bits per heavy atom. The van der Waals surface area contributed by atoms with Crippen molar-refractivity contribution in [1.29, 1.82) is 0 Å². The van der Waals surface area contributed by atoms with Crippen LogP contribution in [-0.4, -0.2) is 23.1 Å². The van der Waals surface area contributed by atoms with E-state index in [-0.39, 0.29) is 6.01 Å². The second-order valence-corrected chi connectivity index (χ2v) is 2.96. The van der Waals surface area contributed by atoms with Gasteiger partial charge in [0.15, 0.2) is 0 Å². The summed E-state index contributed by atoms with van der Waals surface area (Å²) in [5.74, 6) is 6.53. The number of hydrogen-bond donors (Lipinski definition) is 2. The maximum Gasteiger partial charge on any atom is 0.292 e. The highest BCUT2D eigenvalue weighted by atomic mass is 16.4. The lowest BCUT2D eigenvalue weighted by Gasteiger charge is -2.10. The molecular formula is C7H12N4O. The maximum atomic E-state index is 5.64. The number of hydrazine groups is 1. The van der Waals surface area contributed by atoms with E-state index in [9.17, 15) is 0 Å². The van der Waals surface area contributed by atoms with Gasteiger partial charge >= 0.3 is 0 Å². The number of rotatable bonds is 0. The second-order valence-electron chi connectivity index (χ2n) is 2.96. The van der Waals surface area contributed by atoms with Crippen LogP contribution in [0, 0.1) is 0 Å². The van der Waals surface area contributed by atoms with Crippen LogP contribution in [0.15, 0.2) is 4.42 Å². The molecule has 0 aromatic carbocycles. The Balaban J connectivity index is 2.24. The first-order valence-corrected chi connectivity index (χ1v) is 3.99. The minimum atomic E-state index is 0.269. The molecule has 2 rings (SSSR count). The highest BCUT2D eigenvalue weighted by Crippen LogP contribution is 2.16. The molecule has 0 saturated heterocycles. The molecule has 4 N–H and O–H groups in total. The molecule has 0 bridgehead atoms. The lowest BCUT2D eigenvalue weighted by Crippen LogP contribution is -2.33. The summed E-state index contributed by atoms with van der Waals surface area (Å²) in [7, 11) is 0. The average Bonchev–Trinajstić information content (AvgIpc) is 2.31. The fraction of sp³-hybridized carbons (Fsp3) is 0.571. The number of nitrogens with zero attached hydrogens (tertiary/aromatic N) is 2. The number of anilines is 1. The van der Waals surface area contributed by atoms with E-state index < -0.39 is 0 Å². The molecule has 5 heteroatoms. The van der Waals surface area contributed by atoms with Crippen molar-refractivity contribution in [3.05, 3.63) is 11.5 Å². The molecule has 0 fully saturated rings. The van der Waals surface area contributed by atoms with E-state index in [1.165, 1.54) is 0 Å². The lowest BCUT2D eigenvalue weighted by molar-refractivity contribution is 0.293. The normalized spacial score (nSPS) is 18.8. The van der Waals surface area contributed by atoms with Gasteiger partial charge in [0.25, 0.3) is 6.01 Å². The van der Waals surface area contributed by atoms with Crippen molar-refractivity contribution in [2.24, 2.45) is 5.84 Å². The van der Waals surface area contributed by atoms with E-state index in [1.807, 2.05) is 0 Å². The van der Waals surface area contributed by atoms with Crippen LogP contribution in [0.4, 0.5) is 6.01 Å². The van der Waals surface area contributed by atoms with Gasteiger partial charge in [0.05, 0.1) is 5.69 Å². The molecule has 1 aromatic heterocycles. The molecule has 1 aromatic rings. The predicted molar refractivity (Wildman–Crippen MR) is 44.1 cm³/mol. The molecular weight excluding hydrogens is 156 g/mol. The summed E-state index contributed by atoms with van der Waals surface area (Å²) in [6.07, 6.45) is 1.63. The maximum absolute atomic E-state index is 5.64. The van der Waals surface area contributed by atoms with Gasteiger partial charge in [0.1, 0.15) is 5.76 Å². The Labute approximate surface area is 70.3 Å². The van der Waals surface area contributed by atoms with Crippen LogP contribution >= 0.6 is 0 Å². The zero-order valence-corrected chi connectivity index (χ0v) is 6.79. The summed E-state index contributed by atoms with van der Waals surface area (Å²) in [4.78, 5) is 4.07. The summed E-state index contributed by atoms with van der Waals surface area (Å²) >= 11 is 0. The molecule has 1 aliphatic heterocycles. The van der Waals surface area contributed by atoms with Gasteiger partial charge in [0.2, 0.25) is 0 Å². The van der Waals surface area contributed by atoms with Crippen LogP contribution in [0.25, 0.3) is 0 Å². The monoisotopic (exact) mass is 168 g/mol. The van der Waals surface area contributed by atoms with Gasteiger partial charge in [-0.05, 0) is 0 Å². The summed E-state index contributed by atoms with van der Waals surface area (Å²) in [6.45, 7) is 1.63. The third-order valence-electron chi connectivity index (χ3n) is 2.06. The van der Waals surface area contributed by atoms with Crippen molar-refractivity contribution in [3.63, 3.8) is 0 Å². The highest BCUT2D eigenvalue weighted by Gasteiger charge is 2.16. The van der Waals surface area contributed by atoms with Crippen LogP contribution < -0.4 is 11.6 Å². The Morgan fingerprint density at radius 1 is 1.33 bits per heavy atom. The van der Waals surface area contributed by atoms with E-state index in [1.54, 1.807) is 5.01 Å². The van der Waals surface area contributed by atoms with Crippen molar-refractivity contribution in [1.82, 2.24) is 9.99 Å². The SMILES string of the molecule is Nc1nc2c(o1)CCN(N)CC2. The lowest BCUT2D eigenvalue weighted by atomic mass is 10.2. The number of oxazole rings is 1. The van der Waals surface area contributed by atoms with E-state index in [2.05, 4.69) is 4.98 Å². The Morgan fingerprint density at radius 3 is 2.92 bits per heavy atom. The van der Waals surface area contributed by atoms with Crippen molar-refractivity contribution < 1.29 is 4.42 Å². The topological polar surface area (TPSA) is 81.3 Å². The summed E-state index contributed by atoms with van der Waals surface area (Å²) in [5, 5.41) is 1.77. The van der Waals surface area contributed by atoms with Gasteiger partial charge in [-0.15, -0.1) is 0 Å². The van der Waals surface area contributed by atoms with Crippen LogP contribution in [0.3, 0.4) is 0 Å². The Kier molecular flexibility index (Phi) is 1.74. The highest BCUT2D eigenvalue weighted by molar-refractivity contribution is 5.21. The largest absolute Gasteiger partial charge is 0.429 e. The molecule has 66 valence electrons. The van der Waals surface area contributed by atoms with Gasteiger partial charge in [-0.25, -0.2) is 5.01 Å². The first-order valence-electron chi connectivity index (χ1n) is 3.99. The van der Waals surface area contributed by atoms with Crippen molar-refractivity contribution in [3.8, 4) is 0 Å². The van der Waals surface area contributed by atoms with Crippen LogP contribution in [0.2, 0.25) is 0 Å². The van der Waals surface area contributed by atoms with E-state index >= 15 is 0 Å². The molecule has 12 heavy (non-hydrogen) atoms. The molecule has 0 aliphatic carbocycles. The van der Waals surface area contributed by atoms with Gasteiger partial charge in [0, 0.05) is 25.9 Å². The summed E-state index contributed by atoms with van der Waals surface area (Å²) in [5.41, 5.74) is 6.38. The zero-order valence-electron chi connectivity index (χ0n) is 6.79. The Hall–Kier alpha value is -1.07. The average molecular weight is 168 g/mol. The molecule has 0 unspecified atom stereocenters. The quantitative estimate of drug-likeness (QED) is 0.512. The molecule has 0 spiro atoms. The van der Waals surface area contributed by atoms with Gasteiger partial charge in [-0.1, -0.05) is 0 Å². The van der Waals surface area contributed by atoms with Crippen molar-refractivity contribution in [2.45, 2.75) is 12.8 Å². The van der Waals surface area contributed by atoms with Crippen LogP contribution in [0.5, 0.6) is 0 Å². The van der Waals surface area contributed by atoms with Crippen molar-refractivity contribution >= 4 is 6.01 Å². The molecule has 2 heterocycles. The minimum absolute atomic E-state index is 0.269. The summed E-state index contributed by atoms with van der Waals surface area (Å²) < 4.78 is 5.22. The Bertz CT molecular complexity index is 257. The molecule has 1 aliphatic rings. The third kappa shape index (κ3) is 1.28. The molecule has 0 atom stereocenters. The third-order valence-corrected chi connectivity index (χ3v) is 2.06. The first kappa shape index (κ1) is 7.57. The minimum Gasteiger partial charge on any atom is -0.429 e. The van der Waals surface area contributed by atoms with Crippen molar-refractivity contribution in [2.75, 3.05) is 18.8 Å². The number of nitrogens with two attached hydrogens (primary N) is 2. The first-order chi connectivity index (χ1) is 5.75. The number of aromatic nitrogens is 1. The number of fused-ring (bicyclic) bond motifs is 1. The smallest absolute Gasteiger partial charge is 0.292 e. The summed E-state index contributed by atoms with van der Waals surface area (Å²) in [6, 6.07) is 0.269. The van der Waals surface area contributed by atoms with E-state index in [0.717, 1.165) is 37.4 Å². The standard InChI is InChI=1S/C7H12N4O/c8-7-10-5-1-3-11(9)4-2-6(5)12-7/h1-4,9H2,(H2,8,10). The van der Waals surface area contributed by atoms with E-state index in [0.29, 0.717) is 0 Å². The van der Waals surface area contributed by atoms with Gasteiger partial charge in [-0.2, -0.15) is 4.98 Å². The molecule has 0 amide bonds. The zero-order chi connectivity index (χ0) is 8.55. The second kappa shape index (κ2) is 2.76. The molecule has 0 saturated carbocycles. The fourth-order valence-corrected chi connectivity index (χ4v) is 1.40. The van der Waals surface area contributed by atoms with Crippen LogP contribution in [-0.2, 0) is 12.8 Å². The molecule has 0 radical (unpaired) electrons. The van der Waals surface area contributed by atoms with Crippen LogP contribution in [0.1, 0.15) is 11.5 Å². The predicted octanol–water partition coefficient (Wildman–Crippen LogP) is -0.469. The number of hydrogen-bond acceptors (Lipinski definition) is 5. The number of nitrogen functional groups attached to an aromatic ring is 1. The molecule has 5 nitrogen and oxygen atoms in total. The van der Waals surface area contributed by atoms with E-state index in [4.69, 9.17) is 16.0 Å². The van der Waals surface area contributed by atoms with Gasteiger partial charge in [-0.3, -0.25) is 5.84 Å². The van der Waals surface area contributed by atoms with Gasteiger partial charge < -0.3 is 10.2 Å².